The van der Waals surface area contributed by atoms with Gasteiger partial charge in [-0.3, -0.25) is 14.9 Å². The van der Waals surface area contributed by atoms with Crippen molar-refractivity contribution in [1.29, 1.82) is 0 Å². The van der Waals surface area contributed by atoms with Gasteiger partial charge in [-0.05, 0) is 34.0 Å². The zero-order valence-electron chi connectivity index (χ0n) is 12.7. The minimum Gasteiger partial charge on any atom is -0.387 e. The summed E-state index contributed by atoms with van der Waals surface area (Å²) >= 11 is 0. The van der Waals surface area contributed by atoms with Crippen molar-refractivity contribution in [3.05, 3.63) is 39.4 Å². The lowest BCUT2D eigenvalue weighted by atomic mass is 10.1. The van der Waals surface area contributed by atoms with E-state index in [0.29, 0.717) is 12.1 Å². The summed E-state index contributed by atoms with van der Waals surface area (Å²) in [6.45, 7) is 3.55. The predicted molar refractivity (Wildman–Crippen MR) is 79.3 cm³/mol. The Morgan fingerprint density at radius 2 is 2.10 bits per heavy atom. The Bertz CT molecular complexity index is 541. The highest BCUT2D eigenvalue weighted by atomic mass is 16.6. The van der Waals surface area contributed by atoms with Gasteiger partial charge in [0.2, 0.25) is 0 Å². The molecular weight excluding hydrogens is 274 g/mol. The van der Waals surface area contributed by atoms with Gasteiger partial charge in [-0.15, -0.1) is 0 Å². The molecule has 0 fully saturated rings. The molecule has 0 spiro atoms. The van der Waals surface area contributed by atoms with Gasteiger partial charge in [-0.1, -0.05) is 12.1 Å². The van der Waals surface area contributed by atoms with Crippen LogP contribution in [0.3, 0.4) is 0 Å². The number of para-hydroxylation sites is 1. The lowest BCUT2D eigenvalue weighted by molar-refractivity contribution is -0.385. The minimum atomic E-state index is -1.11. The normalized spacial score (nSPS) is 13.8. The molecule has 0 bridgehead atoms. The molecule has 1 aromatic carbocycles. The number of nitrogens with zero attached hydrogens (tertiary/aromatic N) is 2. The molecule has 0 aliphatic heterocycles. The van der Waals surface area contributed by atoms with E-state index in [0.717, 1.165) is 0 Å². The highest BCUT2D eigenvalue weighted by Gasteiger charge is 2.26. The number of amides is 1. The minimum absolute atomic E-state index is 0.000605. The monoisotopic (exact) mass is 295 g/mol. The van der Waals surface area contributed by atoms with Crippen LogP contribution in [0.2, 0.25) is 0 Å². The standard InChI is InChI=1S/C14H21N3O4/c1-10-6-5-7-11(12(10)17(20)21)13(18)15-8-14(2,19)9-16(3)4/h5-7,19H,8-9H2,1-4H3,(H,15,18). The van der Waals surface area contributed by atoms with Crippen LogP contribution in [-0.4, -0.2) is 53.6 Å². The zero-order valence-corrected chi connectivity index (χ0v) is 12.7. The van der Waals surface area contributed by atoms with Crippen LogP contribution in [0.4, 0.5) is 5.69 Å². The number of rotatable bonds is 6. The second-order valence-corrected chi connectivity index (χ2v) is 5.65. The Hall–Kier alpha value is -1.99. The van der Waals surface area contributed by atoms with Crippen molar-refractivity contribution in [3.63, 3.8) is 0 Å². The van der Waals surface area contributed by atoms with Crippen LogP contribution in [0.1, 0.15) is 22.8 Å². The number of aryl methyl sites for hydroxylation is 1. The number of benzene rings is 1. The second kappa shape index (κ2) is 6.64. The van der Waals surface area contributed by atoms with Gasteiger partial charge in [0.15, 0.2) is 0 Å². The maximum Gasteiger partial charge on any atom is 0.285 e. The molecule has 0 aromatic heterocycles. The highest BCUT2D eigenvalue weighted by Crippen LogP contribution is 2.22. The van der Waals surface area contributed by atoms with Crippen molar-refractivity contribution < 1.29 is 14.8 Å². The topological polar surface area (TPSA) is 95.7 Å². The van der Waals surface area contributed by atoms with E-state index in [9.17, 15) is 20.0 Å². The van der Waals surface area contributed by atoms with Crippen molar-refractivity contribution in [2.45, 2.75) is 19.4 Å². The average molecular weight is 295 g/mol. The summed E-state index contributed by atoms with van der Waals surface area (Å²) in [4.78, 5) is 24.4. The molecule has 1 atom stereocenters. The third-order valence-electron chi connectivity index (χ3n) is 2.95. The molecule has 0 saturated carbocycles. The molecule has 7 nitrogen and oxygen atoms in total. The number of carbonyl (C=O) groups is 1. The average Bonchev–Trinajstić information content (AvgIpc) is 2.33. The summed E-state index contributed by atoms with van der Waals surface area (Å²) < 4.78 is 0. The number of nitro groups is 1. The van der Waals surface area contributed by atoms with Crippen LogP contribution >= 0.6 is 0 Å². The third-order valence-corrected chi connectivity index (χ3v) is 2.95. The number of nitrogens with one attached hydrogen (secondary N) is 1. The zero-order chi connectivity index (χ0) is 16.2. The SMILES string of the molecule is Cc1cccc(C(=O)NCC(C)(O)CN(C)C)c1[N+](=O)[O-]. The molecule has 0 radical (unpaired) electrons. The third kappa shape index (κ3) is 4.80. The van der Waals surface area contributed by atoms with Crippen molar-refractivity contribution in [3.8, 4) is 0 Å². The lowest BCUT2D eigenvalue weighted by Crippen LogP contribution is -2.47. The number of hydrogen-bond donors (Lipinski definition) is 2. The first-order chi connectivity index (χ1) is 9.64. The molecule has 1 aromatic rings. The number of carbonyl (C=O) groups excluding carboxylic acids is 1. The Balaban J connectivity index is 2.87. The Morgan fingerprint density at radius 3 is 2.62 bits per heavy atom. The number of nitro benzene ring substituents is 1. The summed E-state index contributed by atoms with van der Waals surface area (Å²) in [7, 11) is 3.61. The number of likely N-dealkylation sites (N-methyl/N-ethyl adjacent to an activating group) is 1. The van der Waals surface area contributed by atoms with E-state index >= 15 is 0 Å². The Labute approximate surface area is 123 Å². The van der Waals surface area contributed by atoms with Gasteiger partial charge in [-0.25, -0.2) is 0 Å². The van der Waals surface area contributed by atoms with E-state index in [1.165, 1.54) is 6.07 Å². The van der Waals surface area contributed by atoms with E-state index in [1.54, 1.807) is 30.9 Å². The fourth-order valence-corrected chi connectivity index (χ4v) is 2.19. The van der Waals surface area contributed by atoms with Crippen molar-refractivity contribution in [2.24, 2.45) is 0 Å². The van der Waals surface area contributed by atoms with Crippen LogP contribution in [0, 0.1) is 17.0 Å². The summed E-state index contributed by atoms with van der Waals surface area (Å²) in [5, 5.41) is 23.7. The first-order valence-corrected chi connectivity index (χ1v) is 6.53. The molecule has 0 saturated heterocycles. The molecule has 2 N–H and O–H groups in total. The van der Waals surface area contributed by atoms with Gasteiger partial charge in [0, 0.05) is 18.7 Å². The largest absolute Gasteiger partial charge is 0.387 e. The van der Waals surface area contributed by atoms with Crippen LogP contribution in [0.25, 0.3) is 0 Å². The Morgan fingerprint density at radius 1 is 1.48 bits per heavy atom. The maximum atomic E-state index is 12.1. The summed E-state index contributed by atoms with van der Waals surface area (Å²) in [6, 6.07) is 4.58. The first-order valence-electron chi connectivity index (χ1n) is 6.53. The van der Waals surface area contributed by atoms with E-state index in [1.807, 2.05) is 14.1 Å². The van der Waals surface area contributed by atoms with Gasteiger partial charge in [0.05, 0.1) is 10.5 Å². The second-order valence-electron chi connectivity index (χ2n) is 5.65. The fourth-order valence-electron chi connectivity index (χ4n) is 2.19. The molecule has 1 unspecified atom stereocenters. The highest BCUT2D eigenvalue weighted by molar-refractivity contribution is 5.98. The van der Waals surface area contributed by atoms with Crippen molar-refractivity contribution in [1.82, 2.24) is 10.2 Å². The molecule has 0 heterocycles. The quantitative estimate of drug-likeness (QED) is 0.601. The van der Waals surface area contributed by atoms with Gasteiger partial charge in [0.25, 0.3) is 11.6 Å². The van der Waals surface area contributed by atoms with E-state index in [-0.39, 0.29) is 17.8 Å². The van der Waals surface area contributed by atoms with Crippen LogP contribution in [0.15, 0.2) is 18.2 Å². The fraction of sp³-hybridized carbons (Fsp3) is 0.500. The molecule has 1 rings (SSSR count). The predicted octanol–water partition coefficient (Wildman–Crippen LogP) is 0.946. The summed E-state index contributed by atoms with van der Waals surface area (Å²) in [5.41, 5.74) is -0.895. The maximum absolute atomic E-state index is 12.1. The van der Waals surface area contributed by atoms with E-state index < -0.39 is 16.4 Å². The molecular formula is C14H21N3O4. The van der Waals surface area contributed by atoms with E-state index in [4.69, 9.17) is 0 Å². The summed E-state index contributed by atoms with van der Waals surface area (Å²) in [5.74, 6) is -0.565. The molecule has 0 aliphatic rings. The van der Waals surface area contributed by atoms with Crippen LogP contribution < -0.4 is 5.32 Å². The number of aliphatic hydroxyl groups is 1. The summed E-state index contributed by atoms with van der Waals surface area (Å²) in [6.07, 6.45) is 0. The molecule has 1 amide bonds. The molecule has 7 heteroatoms. The van der Waals surface area contributed by atoms with E-state index in [2.05, 4.69) is 5.32 Å². The molecule has 21 heavy (non-hydrogen) atoms. The molecule has 0 aliphatic carbocycles. The van der Waals surface area contributed by atoms with Crippen LogP contribution in [-0.2, 0) is 0 Å². The van der Waals surface area contributed by atoms with Crippen molar-refractivity contribution >= 4 is 11.6 Å². The Kier molecular flexibility index (Phi) is 5.40. The smallest absolute Gasteiger partial charge is 0.285 e. The lowest BCUT2D eigenvalue weighted by Gasteiger charge is -2.27. The first kappa shape index (κ1) is 17.1. The van der Waals surface area contributed by atoms with Gasteiger partial charge in [-0.2, -0.15) is 0 Å². The van der Waals surface area contributed by atoms with Crippen LogP contribution in [0.5, 0.6) is 0 Å². The molecule has 116 valence electrons. The van der Waals surface area contributed by atoms with Gasteiger partial charge < -0.3 is 15.3 Å². The van der Waals surface area contributed by atoms with Crippen molar-refractivity contribution in [2.75, 3.05) is 27.2 Å². The van der Waals surface area contributed by atoms with Gasteiger partial charge >= 0.3 is 0 Å². The number of hydrogen-bond acceptors (Lipinski definition) is 5. The van der Waals surface area contributed by atoms with Gasteiger partial charge in [0.1, 0.15) is 5.56 Å².